The van der Waals surface area contributed by atoms with Crippen LogP contribution in [0.25, 0.3) is 0 Å². The van der Waals surface area contributed by atoms with Gasteiger partial charge in [0.25, 0.3) is 0 Å². The number of thiophene rings is 1. The topological polar surface area (TPSA) is 35.2 Å². The Kier molecular flexibility index (Phi) is 5.01. The lowest BCUT2D eigenvalue weighted by Gasteiger charge is -2.33. The largest absolute Gasteiger partial charge is 0.380 e. The summed E-state index contributed by atoms with van der Waals surface area (Å²) in [5.41, 5.74) is 7.68. The molecule has 2 N–H and O–H groups in total. The predicted octanol–water partition coefficient (Wildman–Crippen LogP) is 3.21. The van der Waals surface area contributed by atoms with Gasteiger partial charge in [-0.15, -0.1) is 0 Å². The van der Waals surface area contributed by atoms with Crippen LogP contribution >= 0.6 is 11.3 Å². The number of hydrogen-bond acceptors (Lipinski definition) is 3. The summed E-state index contributed by atoms with van der Waals surface area (Å²) in [4.78, 5) is 0. The molecule has 0 aliphatic heterocycles. The Balaban J connectivity index is 1.92. The highest BCUT2D eigenvalue weighted by molar-refractivity contribution is 7.07. The zero-order chi connectivity index (χ0) is 12.1. The van der Waals surface area contributed by atoms with Crippen LogP contribution in [0.15, 0.2) is 16.8 Å². The number of nitrogens with two attached hydrogens (primary N) is 1. The Morgan fingerprint density at radius 1 is 1.41 bits per heavy atom. The molecule has 2 rings (SSSR count). The minimum absolute atomic E-state index is 0.137. The summed E-state index contributed by atoms with van der Waals surface area (Å²) in [6.07, 6.45) is 7.82. The van der Waals surface area contributed by atoms with Crippen molar-refractivity contribution < 1.29 is 4.74 Å². The van der Waals surface area contributed by atoms with Crippen molar-refractivity contribution in [3.63, 3.8) is 0 Å². The lowest BCUT2D eigenvalue weighted by atomic mass is 9.81. The van der Waals surface area contributed by atoms with Gasteiger partial charge in [-0.25, -0.2) is 0 Å². The van der Waals surface area contributed by atoms with Crippen molar-refractivity contribution in [2.24, 2.45) is 11.7 Å². The Bertz CT molecular complexity index is 306. The van der Waals surface area contributed by atoms with Gasteiger partial charge in [0.05, 0.1) is 6.10 Å². The first-order valence-electron chi connectivity index (χ1n) is 6.60. The highest BCUT2D eigenvalue weighted by Crippen LogP contribution is 2.29. The third-order valence-electron chi connectivity index (χ3n) is 3.86. The molecule has 1 heterocycles. The van der Waals surface area contributed by atoms with Crippen LogP contribution in [0.3, 0.4) is 0 Å². The minimum atomic E-state index is 0.137. The number of ether oxygens (including phenoxy) is 1. The Morgan fingerprint density at radius 3 is 2.76 bits per heavy atom. The van der Waals surface area contributed by atoms with Crippen LogP contribution in [0.1, 0.15) is 37.7 Å². The Labute approximate surface area is 108 Å². The summed E-state index contributed by atoms with van der Waals surface area (Å²) >= 11 is 1.74. The molecule has 2 nitrogen and oxygen atoms in total. The van der Waals surface area contributed by atoms with E-state index in [4.69, 9.17) is 10.5 Å². The predicted molar refractivity (Wildman–Crippen MR) is 73.4 cm³/mol. The second-order valence-electron chi connectivity index (χ2n) is 5.10. The highest BCUT2D eigenvalue weighted by atomic mass is 32.1. The molecule has 0 radical (unpaired) electrons. The second kappa shape index (κ2) is 6.53. The van der Waals surface area contributed by atoms with Gasteiger partial charge in [-0.2, -0.15) is 11.3 Å². The van der Waals surface area contributed by atoms with Crippen molar-refractivity contribution in [3.8, 4) is 0 Å². The van der Waals surface area contributed by atoms with Gasteiger partial charge in [0.1, 0.15) is 0 Å². The SMILES string of the molecule is COC(C(N)Cc1ccsc1)C1CCCCC1. The first kappa shape index (κ1) is 13.1. The summed E-state index contributed by atoms with van der Waals surface area (Å²) in [5, 5.41) is 4.30. The second-order valence-corrected chi connectivity index (χ2v) is 5.88. The molecule has 1 aromatic rings. The van der Waals surface area contributed by atoms with E-state index in [0.717, 1.165) is 6.42 Å². The van der Waals surface area contributed by atoms with E-state index in [1.807, 2.05) is 7.11 Å². The Hall–Kier alpha value is -0.380. The molecule has 0 bridgehead atoms. The van der Waals surface area contributed by atoms with Crippen LogP contribution in [-0.4, -0.2) is 19.3 Å². The van der Waals surface area contributed by atoms with Gasteiger partial charge < -0.3 is 10.5 Å². The van der Waals surface area contributed by atoms with E-state index >= 15 is 0 Å². The lowest BCUT2D eigenvalue weighted by Crippen LogP contribution is -2.43. The molecule has 96 valence electrons. The highest BCUT2D eigenvalue weighted by Gasteiger charge is 2.28. The van der Waals surface area contributed by atoms with Gasteiger partial charge in [0, 0.05) is 13.2 Å². The molecule has 2 unspecified atom stereocenters. The molecular formula is C14H23NOS. The van der Waals surface area contributed by atoms with Crippen LogP contribution in [-0.2, 0) is 11.2 Å². The fourth-order valence-electron chi connectivity index (χ4n) is 2.98. The normalized spacial score (nSPS) is 21.3. The zero-order valence-corrected chi connectivity index (χ0v) is 11.4. The van der Waals surface area contributed by atoms with Crippen molar-refractivity contribution in [1.82, 2.24) is 0 Å². The molecule has 2 atom stereocenters. The van der Waals surface area contributed by atoms with Gasteiger partial charge in [-0.3, -0.25) is 0 Å². The number of methoxy groups -OCH3 is 1. The molecular weight excluding hydrogens is 230 g/mol. The van der Waals surface area contributed by atoms with Gasteiger partial charge in [0.2, 0.25) is 0 Å². The number of hydrogen-bond donors (Lipinski definition) is 1. The van der Waals surface area contributed by atoms with Crippen LogP contribution in [0, 0.1) is 5.92 Å². The van der Waals surface area contributed by atoms with E-state index in [1.54, 1.807) is 11.3 Å². The van der Waals surface area contributed by atoms with Crippen molar-refractivity contribution in [3.05, 3.63) is 22.4 Å². The summed E-state index contributed by atoms with van der Waals surface area (Å²) in [6, 6.07) is 2.30. The molecule has 0 saturated heterocycles. The first-order valence-corrected chi connectivity index (χ1v) is 7.55. The summed E-state index contributed by atoms with van der Waals surface area (Å²) in [7, 11) is 1.81. The fourth-order valence-corrected chi connectivity index (χ4v) is 3.66. The molecule has 1 aliphatic rings. The summed E-state index contributed by atoms with van der Waals surface area (Å²) in [6.45, 7) is 0. The van der Waals surface area contributed by atoms with Gasteiger partial charge in [0.15, 0.2) is 0 Å². The molecule has 0 aromatic carbocycles. The van der Waals surface area contributed by atoms with Crippen molar-refractivity contribution >= 4 is 11.3 Å². The third kappa shape index (κ3) is 3.54. The van der Waals surface area contributed by atoms with Crippen LogP contribution in [0.2, 0.25) is 0 Å². The molecule has 0 spiro atoms. The van der Waals surface area contributed by atoms with E-state index < -0.39 is 0 Å². The van der Waals surface area contributed by atoms with Gasteiger partial charge in [-0.1, -0.05) is 19.3 Å². The molecule has 1 saturated carbocycles. The van der Waals surface area contributed by atoms with Crippen LogP contribution in [0.5, 0.6) is 0 Å². The lowest BCUT2D eigenvalue weighted by molar-refractivity contribution is 0.0179. The van der Waals surface area contributed by atoms with Gasteiger partial charge in [-0.05, 0) is 47.6 Å². The quantitative estimate of drug-likeness (QED) is 0.874. The minimum Gasteiger partial charge on any atom is -0.380 e. The van der Waals surface area contributed by atoms with E-state index in [0.29, 0.717) is 5.92 Å². The van der Waals surface area contributed by atoms with Crippen molar-refractivity contribution in [2.45, 2.75) is 50.7 Å². The Morgan fingerprint density at radius 2 is 2.18 bits per heavy atom. The average molecular weight is 253 g/mol. The van der Waals surface area contributed by atoms with E-state index in [1.165, 1.54) is 37.7 Å². The molecule has 1 aliphatic carbocycles. The third-order valence-corrected chi connectivity index (χ3v) is 4.59. The molecule has 17 heavy (non-hydrogen) atoms. The average Bonchev–Trinajstić information content (AvgIpc) is 2.84. The zero-order valence-electron chi connectivity index (χ0n) is 10.6. The van der Waals surface area contributed by atoms with Crippen molar-refractivity contribution in [2.75, 3.05) is 7.11 Å². The van der Waals surface area contributed by atoms with Crippen LogP contribution < -0.4 is 5.73 Å². The van der Waals surface area contributed by atoms with Gasteiger partial charge >= 0.3 is 0 Å². The standard InChI is InChI=1S/C14H23NOS/c1-16-14(12-5-3-2-4-6-12)13(15)9-11-7-8-17-10-11/h7-8,10,12-14H,2-6,9,15H2,1H3. The smallest absolute Gasteiger partial charge is 0.0753 e. The molecule has 0 amide bonds. The first-order chi connectivity index (χ1) is 8.31. The fraction of sp³-hybridized carbons (Fsp3) is 0.714. The molecule has 1 fully saturated rings. The maximum atomic E-state index is 6.33. The molecule has 1 aromatic heterocycles. The molecule has 3 heteroatoms. The van der Waals surface area contributed by atoms with Crippen LogP contribution in [0.4, 0.5) is 0 Å². The summed E-state index contributed by atoms with van der Waals surface area (Å²) in [5.74, 6) is 0.669. The number of rotatable bonds is 5. The van der Waals surface area contributed by atoms with Crippen molar-refractivity contribution in [1.29, 1.82) is 0 Å². The monoisotopic (exact) mass is 253 g/mol. The summed E-state index contributed by atoms with van der Waals surface area (Å²) < 4.78 is 5.68. The van der Waals surface area contributed by atoms with E-state index in [-0.39, 0.29) is 12.1 Å². The van der Waals surface area contributed by atoms with E-state index in [9.17, 15) is 0 Å². The maximum Gasteiger partial charge on any atom is 0.0753 e. The maximum absolute atomic E-state index is 6.33. The van der Waals surface area contributed by atoms with E-state index in [2.05, 4.69) is 16.8 Å².